The number of likely N-dealkylation sites (tertiary alicyclic amines) is 1. The predicted octanol–water partition coefficient (Wildman–Crippen LogP) is 2.46. The van der Waals surface area contributed by atoms with Crippen molar-refractivity contribution in [1.82, 2.24) is 4.90 Å². The Bertz CT molecular complexity index is 402. The first-order chi connectivity index (χ1) is 8.74. The summed E-state index contributed by atoms with van der Waals surface area (Å²) in [6.07, 6.45) is 4.28. The second kappa shape index (κ2) is 7.78. The molecule has 3 nitrogen and oxygen atoms in total. The first kappa shape index (κ1) is 16.3. The lowest BCUT2D eigenvalue weighted by molar-refractivity contribution is -0.133. The molecule has 5 heteroatoms. The SMILES string of the molecule is CSCC1CCCN1C(=O)C(N)c1ccccc1.Cl. The number of thioether (sulfide) groups is 1. The fraction of sp³-hybridized carbons (Fsp3) is 0.500. The van der Waals surface area contributed by atoms with Gasteiger partial charge in [-0.2, -0.15) is 11.8 Å². The van der Waals surface area contributed by atoms with Crippen LogP contribution in [0, 0.1) is 0 Å². The van der Waals surface area contributed by atoms with Gasteiger partial charge in [-0.1, -0.05) is 30.3 Å². The molecule has 106 valence electrons. The van der Waals surface area contributed by atoms with Crippen LogP contribution in [0.25, 0.3) is 0 Å². The topological polar surface area (TPSA) is 46.3 Å². The van der Waals surface area contributed by atoms with Crippen LogP contribution in [0.2, 0.25) is 0 Å². The lowest BCUT2D eigenvalue weighted by atomic mass is 10.1. The van der Waals surface area contributed by atoms with Gasteiger partial charge in [0.2, 0.25) is 5.91 Å². The van der Waals surface area contributed by atoms with E-state index in [-0.39, 0.29) is 18.3 Å². The van der Waals surface area contributed by atoms with E-state index in [1.54, 1.807) is 11.8 Å². The average molecular weight is 301 g/mol. The number of halogens is 1. The van der Waals surface area contributed by atoms with Crippen molar-refractivity contribution in [1.29, 1.82) is 0 Å². The zero-order valence-corrected chi connectivity index (χ0v) is 12.8. The van der Waals surface area contributed by atoms with Crippen molar-refractivity contribution >= 4 is 30.1 Å². The summed E-state index contributed by atoms with van der Waals surface area (Å²) in [4.78, 5) is 14.4. The second-order valence-corrected chi connectivity index (χ2v) is 5.58. The fourth-order valence-electron chi connectivity index (χ4n) is 2.47. The molecule has 1 saturated heterocycles. The summed E-state index contributed by atoms with van der Waals surface area (Å²) in [5.41, 5.74) is 6.98. The zero-order valence-electron chi connectivity index (χ0n) is 11.1. The van der Waals surface area contributed by atoms with Crippen molar-refractivity contribution in [3.63, 3.8) is 0 Å². The summed E-state index contributed by atoms with van der Waals surface area (Å²) in [5, 5.41) is 0. The summed E-state index contributed by atoms with van der Waals surface area (Å²) in [6, 6.07) is 9.46. The number of hydrogen-bond acceptors (Lipinski definition) is 3. The standard InChI is InChI=1S/C14H20N2OS.ClH/c1-18-10-12-8-5-9-16(12)14(17)13(15)11-6-3-2-4-7-11;/h2-4,6-7,12-13H,5,8-10,15H2,1H3;1H. The van der Waals surface area contributed by atoms with Gasteiger partial charge in [-0.25, -0.2) is 0 Å². The molecule has 2 atom stereocenters. The molecule has 2 unspecified atom stereocenters. The van der Waals surface area contributed by atoms with Crippen molar-refractivity contribution in [2.24, 2.45) is 5.73 Å². The van der Waals surface area contributed by atoms with Crippen LogP contribution in [-0.2, 0) is 4.79 Å². The van der Waals surface area contributed by atoms with Gasteiger partial charge in [0.1, 0.15) is 6.04 Å². The minimum atomic E-state index is -0.520. The van der Waals surface area contributed by atoms with Gasteiger partial charge in [0.15, 0.2) is 0 Å². The van der Waals surface area contributed by atoms with E-state index < -0.39 is 6.04 Å². The van der Waals surface area contributed by atoms with Crippen molar-refractivity contribution < 1.29 is 4.79 Å². The van der Waals surface area contributed by atoms with Gasteiger partial charge in [-0.15, -0.1) is 12.4 Å². The van der Waals surface area contributed by atoms with Gasteiger partial charge in [0, 0.05) is 18.3 Å². The van der Waals surface area contributed by atoms with Crippen LogP contribution in [0.1, 0.15) is 24.4 Å². The third-order valence-corrected chi connectivity index (χ3v) is 4.16. The van der Waals surface area contributed by atoms with Gasteiger partial charge in [-0.3, -0.25) is 4.79 Å². The second-order valence-electron chi connectivity index (χ2n) is 4.67. The van der Waals surface area contributed by atoms with Crippen molar-refractivity contribution in [2.45, 2.75) is 24.9 Å². The van der Waals surface area contributed by atoms with Crippen LogP contribution in [0.4, 0.5) is 0 Å². The molecule has 0 radical (unpaired) electrons. The zero-order chi connectivity index (χ0) is 13.0. The van der Waals surface area contributed by atoms with Crippen LogP contribution >= 0.6 is 24.2 Å². The van der Waals surface area contributed by atoms with Gasteiger partial charge in [-0.05, 0) is 24.7 Å². The Morgan fingerprint density at radius 3 is 2.79 bits per heavy atom. The van der Waals surface area contributed by atoms with Crippen LogP contribution in [-0.4, -0.2) is 35.4 Å². The maximum absolute atomic E-state index is 12.4. The molecule has 1 aromatic carbocycles. The molecule has 2 N–H and O–H groups in total. The number of amides is 1. The maximum Gasteiger partial charge on any atom is 0.244 e. The molecule has 1 heterocycles. The van der Waals surface area contributed by atoms with Crippen LogP contribution < -0.4 is 5.73 Å². The highest BCUT2D eigenvalue weighted by Gasteiger charge is 2.31. The van der Waals surface area contributed by atoms with Crippen molar-refractivity contribution in [2.75, 3.05) is 18.6 Å². The molecule has 0 spiro atoms. The Morgan fingerprint density at radius 2 is 2.16 bits per heavy atom. The molecular weight excluding hydrogens is 280 g/mol. The van der Waals surface area contributed by atoms with E-state index in [0.717, 1.165) is 30.7 Å². The molecule has 0 saturated carbocycles. The summed E-state index contributed by atoms with van der Waals surface area (Å²) < 4.78 is 0. The van der Waals surface area contributed by atoms with E-state index >= 15 is 0 Å². The third-order valence-electron chi connectivity index (χ3n) is 3.44. The third kappa shape index (κ3) is 3.88. The highest BCUT2D eigenvalue weighted by molar-refractivity contribution is 7.98. The Labute approximate surface area is 125 Å². The van der Waals surface area contributed by atoms with Crippen LogP contribution in [0.15, 0.2) is 30.3 Å². The molecule has 0 aromatic heterocycles. The molecule has 1 fully saturated rings. The number of carbonyl (C=O) groups is 1. The van der Waals surface area contributed by atoms with Gasteiger partial charge in [0.25, 0.3) is 0 Å². The maximum atomic E-state index is 12.4. The number of benzene rings is 1. The smallest absolute Gasteiger partial charge is 0.244 e. The minimum absolute atomic E-state index is 0. The summed E-state index contributed by atoms with van der Waals surface area (Å²) in [7, 11) is 0. The fourth-order valence-corrected chi connectivity index (χ4v) is 3.20. The van der Waals surface area contributed by atoms with E-state index in [4.69, 9.17) is 5.73 Å². The van der Waals surface area contributed by atoms with E-state index in [2.05, 4.69) is 6.26 Å². The summed E-state index contributed by atoms with van der Waals surface area (Å²) in [6.45, 7) is 0.852. The normalized spacial score (nSPS) is 19.9. The number of nitrogens with two attached hydrogens (primary N) is 1. The molecule has 0 bridgehead atoms. The number of nitrogens with zero attached hydrogens (tertiary/aromatic N) is 1. The highest BCUT2D eigenvalue weighted by atomic mass is 35.5. The number of rotatable bonds is 4. The van der Waals surface area contributed by atoms with Gasteiger partial charge >= 0.3 is 0 Å². The Balaban J connectivity index is 0.00000180. The first-order valence-corrected chi connectivity index (χ1v) is 7.73. The molecule has 0 aliphatic carbocycles. The van der Waals surface area contributed by atoms with Gasteiger partial charge in [0.05, 0.1) is 0 Å². The lowest BCUT2D eigenvalue weighted by Crippen LogP contribution is -2.42. The van der Waals surface area contributed by atoms with Crippen LogP contribution in [0.5, 0.6) is 0 Å². The first-order valence-electron chi connectivity index (χ1n) is 6.34. The predicted molar refractivity (Wildman–Crippen MR) is 83.7 cm³/mol. The average Bonchev–Trinajstić information content (AvgIpc) is 2.87. The molecular formula is C14H21ClN2OS. The Hall–Kier alpha value is -0.710. The van der Waals surface area contributed by atoms with Crippen LogP contribution in [0.3, 0.4) is 0 Å². The highest BCUT2D eigenvalue weighted by Crippen LogP contribution is 2.24. The monoisotopic (exact) mass is 300 g/mol. The lowest BCUT2D eigenvalue weighted by Gasteiger charge is -2.27. The quantitative estimate of drug-likeness (QED) is 0.929. The van der Waals surface area contributed by atoms with E-state index in [1.165, 1.54) is 0 Å². The molecule has 1 aliphatic rings. The molecule has 1 aromatic rings. The van der Waals surface area contributed by atoms with Crippen molar-refractivity contribution in [3.8, 4) is 0 Å². The molecule has 2 rings (SSSR count). The molecule has 1 amide bonds. The summed E-state index contributed by atoms with van der Waals surface area (Å²) in [5.74, 6) is 1.07. The van der Waals surface area contributed by atoms with Crippen molar-refractivity contribution in [3.05, 3.63) is 35.9 Å². The van der Waals surface area contributed by atoms with Gasteiger partial charge < -0.3 is 10.6 Å². The minimum Gasteiger partial charge on any atom is -0.337 e. The number of carbonyl (C=O) groups excluding carboxylic acids is 1. The largest absolute Gasteiger partial charge is 0.337 e. The van der Waals surface area contributed by atoms with E-state index in [9.17, 15) is 4.79 Å². The molecule has 1 aliphatic heterocycles. The van der Waals surface area contributed by atoms with E-state index in [1.807, 2.05) is 35.2 Å². The summed E-state index contributed by atoms with van der Waals surface area (Å²) >= 11 is 1.79. The number of hydrogen-bond donors (Lipinski definition) is 1. The Morgan fingerprint density at radius 1 is 1.47 bits per heavy atom. The Kier molecular flexibility index (Phi) is 6.69. The molecule has 19 heavy (non-hydrogen) atoms. The van der Waals surface area contributed by atoms with E-state index in [0.29, 0.717) is 6.04 Å².